The van der Waals surface area contributed by atoms with Crippen molar-refractivity contribution in [2.45, 2.75) is 6.18 Å². The lowest BCUT2D eigenvalue weighted by molar-refractivity contribution is -0.137. The van der Waals surface area contributed by atoms with Gasteiger partial charge in [0.15, 0.2) is 5.69 Å². The highest BCUT2D eigenvalue weighted by Gasteiger charge is 2.32. The van der Waals surface area contributed by atoms with Crippen LogP contribution in [0.15, 0.2) is 58.4 Å². The molecule has 0 bridgehead atoms. The van der Waals surface area contributed by atoms with Crippen LogP contribution in [0.25, 0.3) is 10.8 Å². The molecule has 0 atom stereocenters. The van der Waals surface area contributed by atoms with Crippen molar-refractivity contribution >= 4 is 22.9 Å². The van der Waals surface area contributed by atoms with Crippen molar-refractivity contribution in [3.63, 3.8) is 0 Å². The van der Waals surface area contributed by atoms with Crippen molar-refractivity contribution in [1.29, 1.82) is 0 Å². The summed E-state index contributed by atoms with van der Waals surface area (Å²) in [6, 6.07) is 11.1. The van der Waals surface area contributed by atoms with Crippen molar-refractivity contribution in [3.05, 3.63) is 75.7 Å². The summed E-state index contributed by atoms with van der Waals surface area (Å²) in [6.45, 7) is 0. The summed E-state index contributed by atoms with van der Waals surface area (Å²) < 4.78 is 38.8. The predicted molar refractivity (Wildman–Crippen MR) is 88.9 cm³/mol. The Labute approximate surface area is 144 Å². The Morgan fingerprint density at radius 3 is 2.46 bits per heavy atom. The van der Waals surface area contributed by atoms with Crippen LogP contribution in [0.4, 0.5) is 13.2 Å². The quantitative estimate of drug-likeness (QED) is 0.556. The monoisotopic (exact) mass is 360 g/mol. The normalized spacial score (nSPS) is 11.8. The molecule has 0 saturated carbocycles. The molecule has 0 aliphatic rings. The van der Waals surface area contributed by atoms with Crippen molar-refractivity contribution < 1.29 is 18.0 Å². The number of nitrogens with one attached hydrogen (secondary N) is 2. The zero-order chi connectivity index (χ0) is 18.7. The number of benzene rings is 2. The van der Waals surface area contributed by atoms with Crippen LogP contribution in [-0.4, -0.2) is 22.3 Å². The van der Waals surface area contributed by atoms with Gasteiger partial charge in [0.1, 0.15) is 0 Å². The van der Waals surface area contributed by atoms with Crippen LogP contribution in [0.2, 0.25) is 0 Å². The SMILES string of the molecule is O=C(N/N=C/c1ccccc1C(F)(F)F)c1n[nH]c(=O)c2ccccc12. The zero-order valence-corrected chi connectivity index (χ0v) is 13.0. The van der Waals surface area contributed by atoms with Gasteiger partial charge in [-0.15, -0.1) is 0 Å². The fraction of sp³-hybridized carbons (Fsp3) is 0.0588. The van der Waals surface area contributed by atoms with E-state index < -0.39 is 23.2 Å². The molecule has 3 rings (SSSR count). The van der Waals surface area contributed by atoms with E-state index in [1.54, 1.807) is 12.1 Å². The molecule has 1 aromatic heterocycles. The first-order valence-corrected chi connectivity index (χ1v) is 7.35. The van der Waals surface area contributed by atoms with Crippen LogP contribution in [0, 0.1) is 0 Å². The van der Waals surface area contributed by atoms with E-state index in [-0.39, 0.29) is 16.6 Å². The van der Waals surface area contributed by atoms with Gasteiger partial charge in [0.2, 0.25) is 0 Å². The van der Waals surface area contributed by atoms with E-state index in [9.17, 15) is 22.8 Å². The van der Waals surface area contributed by atoms with E-state index in [0.717, 1.165) is 12.3 Å². The molecule has 6 nitrogen and oxygen atoms in total. The largest absolute Gasteiger partial charge is 0.417 e. The van der Waals surface area contributed by atoms with Gasteiger partial charge in [0, 0.05) is 10.9 Å². The molecule has 0 spiro atoms. The number of hydrogen-bond donors (Lipinski definition) is 2. The lowest BCUT2D eigenvalue weighted by Crippen LogP contribution is -2.22. The third kappa shape index (κ3) is 3.46. The average Bonchev–Trinajstić information content (AvgIpc) is 2.62. The van der Waals surface area contributed by atoms with Gasteiger partial charge < -0.3 is 0 Å². The molecular weight excluding hydrogens is 349 g/mol. The van der Waals surface area contributed by atoms with Crippen LogP contribution in [0.3, 0.4) is 0 Å². The molecule has 0 aliphatic heterocycles. The van der Waals surface area contributed by atoms with Crippen molar-refractivity contribution in [2.75, 3.05) is 0 Å². The number of halogens is 3. The molecule has 0 aliphatic carbocycles. The third-order valence-electron chi connectivity index (χ3n) is 3.55. The summed E-state index contributed by atoms with van der Waals surface area (Å²) in [7, 11) is 0. The molecule has 0 fully saturated rings. The Balaban J connectivity index is 1.86. The fourth-order valence-corrected chi connectivity index (χ4v) is 2.37. The van der Waals surface area contributed by atoms with Gasteiger partial charge in [-0.05, 0) is 12.1 Å². The highest BCUT2D eigenvalue weighted by Crippen LogP contribution is 2.31. The maximum absolute atomic E-state index is 12.9. The van der Waals surface area contributed by atoms with Gasteiger partial charge in [-0.25, -0.2) is 10.5 Å². The number of rotatable bonds is 3. The Morgan fingerprint density at radius 2 is 1.73 bits per heavy atom. The molecule has 0 unspecified atom stereocenters. The molecular formula is C17H11F3N4O2. The smallest absolute Gasteiger partial charge is 0.267 e. The fourth-order valence-electron chi connectivity index (χ4n) is 2.37. The summed E-state index contributed by atoms with van der Waals surface area (Å²) in [6.07, 6.45) is -3.64. The Hall–Kier alpha value is -3.49. The molecule has 2 N–H and O–H groups in total. The topological polar surface area (TPSA) is 87.2 Å². The number of H-pyrrole nitrogens is 1. The maximum atomic E-state index is 12.9. The summed E-state index contributed by atoms with van der Waals surface area (Å²) in [5, 5.41) is 10.0. The van der Waals surface area contributed by atoms with Gasteiger partial charge in [0.05, 0.1) is 17.2 Å². The first kappa shape index (κ1) is 17.3. The molecule has 0 radical (unpaired) electrons. The first-order valence-electron chi connectivity index (χ1n) is 7.35. The van der Waals surface area contributed by atoms with E-state index >= 15 is 0 Å². The number of carbonyl (C=O) groups is 1. The highest BCUT2D eigenvalue weighted by molar-refractivity contribution is 6.04. The molecule has 132 valence electrons. The first-order chi connectivity index (χ1) is 12.4. The maximum Gasteiger partial charge on any atom is 0.417 e. The third-order valence-corrected chi connectivity index (χ3v) is 3.55. The Morgan fingerprint density at radius 1 is 1.08 bits per heavy atom. The van der Waals surface area contributed by atoms with Crippen molar-refractivity contribution in [1.82, 2.24) is 15.6 Å². The van der Waals surface area contributed by atoms with Crippen LogP contribution < -0.4 is 11.0 Å². The number of hydrazone groups is 1. The van der Waals surface area contributed by atoms with Crippen molar-refractivity contribution in [3.8, 4) is 0 Å². The van der Waals surface area contributed by atoms with E-state index in [2.05, 4.69) is 20.7 Å². The molecule has 0 saturated heterocycles. The second-order valence-electron chi connectivity index (χ2n) is 5.23. The van der Waals surface area contributed by atoms with Crippen LogP contribution in [0.5, 0.6) is 0 Å². The lowest BCUT2D eigenvalue weighted by atomic mass is 10.1. The molecule has 26 heavy (non-hydrogen) atoms. The van der Waals surface area contributed by atoms with Crippen LogP contribution in [-0.2, 0) is 6.18 Å². The summed E-state index contributed by atoms with van der Waals surface area (Å²) in [5.74, 6) is -0.766. The molecule has 9 heteroatoms. The zero-order valence-electron chi connectivity index (χ0n) is 13.0. The average molecular weight is 360 g/mol. The second-order valence-corrected chi connectivity index (χ2v) is 5.23. The predicted octanol–water partition coefficient (Wildman–Crippen LogP) is 2.71. The number of fused-ring (bicyclic) bond motifs is 1. The van der Waals surface area contributed by atoms with Gasteiger partial charge in [-0.2, -0.15) is 23.4 Å². The van der Waals surface area contributed by atoms with Gasteiger partial charge in [-0.3, -0.25) is 9.59 Å². The standard InChI is InChI=1S/C17H11F3N4O2/c18-17(19,20)13-8-4-1-5-10(13)9-21-23-16(26)14-11-6-2-3-7-12(11)15(25)24-22-14/h1-9H,(H,23,26)(H,24,25)/b21-9+. The van der Waals surface area contributed by atoms with Crippen LogP contribution in [0.1, 0.15) is 21.6 Å². The summed E-state index contributed by atoms with van der Waals surface area (Å²) >= 11 is 0. The van der Waals surface area contributed by atoms with E-state index in [1.165, 1.54) is 30.3 Å². The molecule has 2 aromatic carbocycles. The van der Waals surface area contributed by atoms with Gasteiger partial charge in [0.25, 0.3) is 11.5 Å². The van der Waals surface area contributed by atoms with E-state index in [1.807, 2.05) is 0 Å². The summed E-state index contributed by atoms with van der Waals surface area (Å²) in [5.41, 5.74) is 0.497. The number of carbonyl (C=O) groups excluding carboxylic acids is 1. The van der Waals surface area contributed by atoms with Gasteiger partial charge in [-0.1, -0.05) is 36.4 Å². The number of aromatic amines is 1. The van der Waals surface area contributed by atoms with Crippen LogP contribution >= 0.6 is 0 Å². The number of amides is 1. The number of hydrogen-bond acceptors (Lipinski definition) is 4. The van der Waals surface area contributed by atoms with E-state index in [4.69, 9.17) is 0 Å². The highest BCUT2D eigenvalue weighted by atomic mass is 19.4. The second kappa shape index (κ2) is 6.79. The minimum Gasteiger partial charge on any atom is -0.267 e. The molecule has 1 amide bonds. The minimum absolute atomic E-state index is 0.0959. The number of alkyl halides is 3. The van der Waals surface area contributed by atoms with E-state index in [0.29, 0.717) is 5.39 Å². The summed E-state index contributed by atoms with van der Waals surface area (Å²) in [4.78, 5) is 23.9. The number of aromatic nitrogens is 2. The minimum atomic E-state index is -4.54. The van der Waals surface area contributed by atoms with Gasteiger partial charge >= 0.3 is 6.18 Å². The Kier molecular flexibility index (Phi) is 4.53. The lowest BCUT2D eigenvalue weighted by Gasteiger charge is -2.09. The molecule has 3 aromatic rings. The van der Waals surface area contributed by atoms with Crippen molar-refractivity contribution in [2.24, 2.45) is 5.10 Å². The molecule has 1 heterocycles. The Bertz CT molecular complexity index is 1060. The number of nitrogens with zero attached hydrogens (tertiary/aromatic N) is 2.